The first kappa shape index (κ1) is 16.0. The Labute approximate surface area is 112 Å². The minimum Gasteiger partial charge on any atom is -0.382 e. The maximum Gasteiger partial charge on any atom is 0.390 e. The number of alkyl halides is 3. The monoisotopic (exact) mass is 318 g/mol. The molecule has 1 heterocycles. The van der Waals surface area contributed by atoms with Crippen molar-refractivity contribution in [3.05, 3.63) is 0 Å². The van der Waals surface area contributed by atoms with Gasteiger partial charge in [0.15, 0.2) is 10.7 Å². The molecule has 0 radical (unpaired) electrons. The fourth-order valence-electron chi connectivity index (χ4n) is 1.16. The molecule has 1 rings (SSSR count). The maximum atomic E-state index is 12.0. The van der Waals surface area contributed by atoms with E-state index in [4.69, 9.17) is 5.73 Å². The molecule has 0 aromatic carbocycles. The van der Waals surface area contributed by atoms with Gasteiger partial charge in [-0.05, 0) is 11.5 Å². The SMILES string of the molecule is CN(C)S(=O)(=O)c1c(N)nsc1NCCC(F)(F)F. The summed E-state index contributed by atoms with van der Waals surface area (Å²) in [5, 5.41) is 2.41. The summed E-state index contributed by atoms with van der Waals surface area (Å²) in [7, 11) is -1.25. The third-order valence-electron chi connectivity index (χ3n) is 2.11. The maximum absolute atomic E-state index is 12.0. The summed E-state index contributed by atoms with van der Waals surface area (Å²) in [6, 6.07) is 0. The molecule has 110 valence electrons. The second kappa shape index (κ2) is 5.51. The molecule has 0 aliphatic rings. The largest absolute Gasteiger partial charge is 0.390 e. The number of anilines is 2. The van der Waals surface area contributed by atoms with Crippen LogP contribution in [0.15, 0.2) is 4.90 Å². The van der Waals surface area contributed by atoms with Crippen molar-refractivity contribution in [2.24, 2.45) is 0 Å². The number of hydrogen-bond donors (Lipinski definition) is 2. The van der Waals surface area contributed by atoms with Crippen molar-refractivity contribution < 1.29 is 21.6 Å². The molecule has 19 heavy (non-hydrogen) atoms. The van der Waals surface area contributed by atoms with Gasteiger partial charge in [0.2, 0.25) is 10.0 Å². The van der Waals surface area contributed by atoms with E-state index < -0.39 is 29.2 Å². The highest BCUT2D eigenvalue weighted by atomic mass is 32.2. The first-order valence-electron chi connectivity index (χ1n) is 5.04. The minimum atomic E-state index is -4.32. The zero-order valence-electron chi connectivity index (χ0n) is 10.2. The van der Waals surface area contributed by atoms with Crippen molar-refractivity contribution in [3.8, 4) is 0 Å². The lowest BCUT2D eigenvalue weighted by Gasteiger charge is -2.13. The number of nitrogens with zero attached hydrogens (tertiary/aromatic N) is 2. The first-order chi connectivity index (χ1) is 8.55. The highest BCUT2D eigenvalue weighted by molar-refractivity contribution is 7.89. The molecular formula is C8H13F3N4O2S2. The van der Waals surface area contributed by atoms with Gasteiger partial charge in [-0.1, -0.05) is 0 Å². The third-order valence-corrected chi connectivity index (χ3v) is 4.95. The van der Waals surface area contributed by atoms with Crippen LogP contribution in [0.4, 0.5) is 24.0 Å². The molecule has 11 heteroatoms. The second-order valence-corrected chi connectivity index (χ2v) is 6.67. The first-order valence-corrected chi connectivity index (χ1v) is 7.25. The lowest BCUT2D eigenvalue weighted by Crippen LogP contribution is -2.24. The second-order valence-electron chi connectivity index (χ2n) is 3.81. The number of nitrogens with one attached hydrogen (secondary N) is 1. The van der Waals surface area contributed by atoms with Crippen LogP contribution in [0, 0.1) is 0 Å². The normalized spacial score (nSPS) is 12.9. The van der Waals surface area contributed by atoms with E-state index in [1.807, 2.05) is 0 Å². The van der Waals surface area contributed by atoms with Gasteiger partial charge in [0.25, 0.3) is 0 Å². The van der Waals surface area contributed by atoms with Gasteiger partial charge in [0, 0.05) is 20.6 Å². The quantitative estimate of drug-likeness (QED) is 0.855. The van der Waals surface area contributed by atoms with Gasteiger partial charge in [-0.15, -0.1) is 0 Å². The van der Waals surface area contributed by atoms with Crippen molar-refractivity contribution in [1.29, 1.82) is 0 Å². The molecule has 0 spiro atoms. The summed E-state index contributed by atoms with van der Waals surface area (Å²) in [4.78, 5) is -0.287. The smallest absolute Gasteiger partial charge is 0.382 e. The Morgan fingerprint density at radius 3 is 2.47 bits per heavy atom. The summed E-state index contributed by atoms with van der Waals surface area (Å²) in [6.07, 6.45) is -5.39. The Morgan fingerprint density at radius 1 is 1.42 bits per heavy atom. The third kappa shape index (κ3) is 3.94. The van der Waals surface area contributed by atoms with Gasteiger partial charge in [-0.2, -0.15) is 17.5 Å². The van der Waals surface area contributed by atoms with Crippen LogP contribution < -0.4 is 11.1 Å². The molecule has 6 nitrogen and oxygen atoms in total. The topological polar surface area (TPSA) is 88.3 Å². The van der Waals surface area contributed by atoms with E-state index in [0.29, 0.717) is 11.5 Å². The van der Waals surface area contributed by atoms with Gasteiger partial charge in [-0.3, -0.25) is 0 Å². The summed E-state index contributed by atoms with van der Waals surface area (Å²) in [5.74, 6) is -0.229. The van der Waals surface area contributed by atoms with Gasteiger partial charge >= 0.3 is 6.18 Å². The average Bonchev–Trinajstić information content (AvgIpc) is 2.58. The molecule has 0 aliphatic heterocycles. The van der Waals surface area contributed by atoms with E-state index in [9.17, 15) is 21.6 Å². The zero-order valence-corrected chi connectivity index (χ0v) is 11.8. The highest BCUT2D eigenvalue weighted by Crippen LogP contribution is 2.33. The number of rotatable bonds is 5. The molecule has 0 bridgehead atoms. The number of aromatic nitrogens is 1. The van der Waals surface area contributed by atoms with Crippen LogP contribution in [0.2, 0.25) is 0 Å². The Bertz CT molecular complexity index is 539. The van der Waals surface area contributed by atoms with E-state index in [1.54, 1.807) is 0 Å². The lowest BCUT2D eigenvalue weighted by molar-refractivity contribution is -0.131. The van der Waals surface area contributed by atoms with E-state index in [-0.39, 0.29) is 15.7 Å². The number of halogens is 3. The van der Waals surface area contributed by atoms with Crippen LogP contribution in [0.1, 0.15) is 6.42 Å². The molecule has 0 fully saturated rings. The van der Waals surface area contributed by atoms with Gasteiger partial charge in [-0.25, -0.2) is 12.7 Å². The molecule has 0 aliphatic carbocycles. The summed E-state index contributed by atoms with van der Waals surface area (Å²) in [6.45, 7) is -0.443. The van der Waals surface area contributed by atoms with E-state index in [1.165, 1.54) is 14.1 Å². The Kier molecular flexibility index (Phi) is 4.63. The number of hydrogen-bond acceptors (Lipinski definition) is 6. The van der Waals surface area contributed by atoms with Crippen molar-refractivity contribution in [1.82, 2.24) is 8.68 Å². The van der Waals surface area contributed by atoms with Crippen molar-refractivity contribution >= 4 is 32.4 Å². The van der Waals surface area contributed by atoms with Crippen LogP contribution in [0.3, 0.4) is 0 Å². The minimum absolute atomic E-state index is 0.00968. The summed E-state index contributed by atoms with van der Waals surface area (Å²) >= 11 is 0.712. The molecule has 0 atom stereocenters. The highest BCUT2D eigenvalue weighted by Gasteiger charge is 2.29. The van der Waals surface area contributed by atoms with Crippen LogP contribution in [0.5, 0.6) is 0 Å². The van der Waals surface area contributed by atoms with Crippen LogP contribution in [0.25, 0.3) is 0 Å². The van der Waals surface area contributed by atoms with E-state index in [2.05, 4.69) is 9.69 Å². The predicted octanol–water partition coefficient (Wildman–Crippen LogP) is 1.34. The van der Waals surface area contributed by atoms with Crippen molar-refractivity contribution in [3.63, 3.8) is 0 Å². The van der Waals surface area contributed by atoms with Crippen LogP contribution in [-0.4, -0.2) is 43.9 Å². The van der Waals surface area contributed by atoms with Crippen molar-refractivity contribution in [2.75, 3.05) is 31.7 Å². The molecular weight excluding hydrogens is 305 g/mol. The van der Waals surface area contributed by atoms with Crippen molar-refractivity contribution in [2.45, 2.75) is 17.5 Å². The average molecular weight is 318 g/mol. The lowest BCUT2D eigenvalue weighted by atomic mass is 10.4. The number of sulfonamides is 1. The molecule has 3 N–H and O–H groups in total. The molecule has 0 saturated carbocycles. The molecule has 0 amide bonds. The zero-order chi connectivity index (χ0) is 14.8. The standard InChI is InChI=1S/C8H13F3N4O2S2/c1-15(2)19(16,17)5-6(12)14-18-7(5)13-4-3-8(9,10)11/h13H,3-4H2,1-2H3,(H2,12,14). The molecule has 1 aromatic rings. The Morgan fingerprint density at radius 2 is 2.00 bits per heavy atom. The fourth-order valence-corrected chi connectivity index (χ4v) is 3.26. The van der Waals surface area contributed by atoms with Crippen LogP contribution >= 0.6 is 11.5 Å². The van der Waals surface area contributed by atoms with Gasteiger partial charge in [0.05, 0.1) is 6.42 Å². The van der Waals surface area contributed by atoms with E-state index >= 15 is 0 Å². The predicted molar refractivity (Wildman–Crippen MR) is 66.6 cm³/mol. The van der Waals surface area contributed by atoms with Gasteiger partial charge in [0.1, 0.15) is 5.00 Å². The number of nitrogen functional groups attached to an aromatic ring is 1. The molecule has 1 aromatic heterocycles. The Hall–Kier alpha value is -1.07. The summed E-state index contributed by atoms with van der Waals surface area (Å²) < 4.78 is 64.5. The van der Waals surface area contributed by atoms with Crippen LogP contribution in [-0.2, 0) is 10.0 Å². The fraction of sp³-hybridized carbons (Fsp3) is 0.625. The van der Waals surface area contributed by atoms with E-state index in [0.717, 1.165) is 4.31 Å². The Balaban J connectivity index is 2.94. The number of nitrogens with two attached hydrogens (primary N) is 1. The molecule has 0 saturated heterocycles. The van der Waals surface area contributed by atoms with Gasteiger partial charge < -0.3 is 11.1 Å². The molecule has 0 unspecified atom stereocenters. The summed E-state index contributed by atoms with van der Waals surface area (Å²) in [5.41, 5.74) is 5.45.